The lowest BCUT2D eigenvalue weighted by atomic mass is 9.90. The first-order valence-corrected chi connectivity index (χ1v) is 13.5. The van der Waals surface area contributed by atoms with E-state index in [9.17, 15) is 23.9 Å². The van der Waals surface area contributed by atoms with Crippen LogP contribution in [0.15, 0.2) is 21.9 Å². The average molecular weight is 491 g/mol. The molecule has 3 fully saturated rings. The van der Waals surface area contributed by atoms with Crippen LogP contribution in [0.5, 0.6) is 0 Å². The summed E-state index contributed by atoms with van der Waals surface area (Å²) in [5.41, 5.74) is -0.592. The second-order valence-corrected chi connectivity index (χ2v) is 11.0. The first kappa shape index (κ1) is 23.5. The molecular weight excluding hydrogens is 459 g/mol. The van der Waals surface area contributed by atoms with Crippen LogP contribution in [0.4, 0.5) is 4.39 Å². The van der Waals surface area contributed by atoms with Gasteiger partial charge in [0.15, 0.2) is 0 Å². The fourth-order valence-corrected chi connectivity index (χ4v) is 6.91. The Morgan fingerprint density at radius 3 is 2.41 bits per heavy atom. The minimum atomic E-state index is -0.596. The number of hydrogen-bond acceptors (Lipinski definition) is 6. The molecule has 0 radical (unpaired) electrons. The van der Waals surface area contributed by atoms with Crippen molar-refractivity contribution >= 4 is 28.7 Å². The minimum Gasteiger partial charge on any atom is -0.392 e. The van der Waals surface area contributed by atoms with Gasteiger partial charge in [-0.1, -0.05) is 0 Å². The van der Waals surface area contributed by atoms with E-state index >= 15 is 0 Å². The van der Waals surface area contributed by atoms with Gasteiger partial charge >= 0.3 is 5.69 Å². The molecule has 1 aliphatic heterocycles. The topological polar surface area (TPSA) is 106 Å². The van der Waals surface area contributed by atoms with Crippen LogP contribution in [-0.4, -0.2) is 48.8 Å². The molecule has 2 atom stereocenters. The van der Waals surface area contributed by atoms with Crippen LogP contribution < -0.4 is 16.6 Å². The number of aromatic nitrogens is 3. The zero-order valence-electron chi connectivity index (χ0n) is 19.1. The third-order valence-corrected chi connectivity index (χ3v) is 8.75. The second kappa shape index (κ2) is 9.81. The van der Waals surface area contributed by atoms with E-state index in [4.69, 9.17) is 0 Å². The van der Waals surface area contributed by atoms with Gasteiger partial charge in [-0.3, -0.25) is 18.7 Å². The number of aliphatic hydroxyl groups excluding tert-OH is 1. The number of aliphatic hydroxyl groups is 1. The van der Waals surface area contributed by atoms with Crippen LogP contribution in [0.3, 0.4) is 0 Å². The summed E-state index contributed by atoms with van der Waals surface area (Å²) in [6, 6.07) is 0.786. The molecule has 1 amide bonds. The standard InChI is InChI=1S/C24H31FN4O4S/c25-14-12-19-21(26-13-14)28(17-8-10-34-11-9-17)24(33)29(23(19)32)16-6-4-15(5-7-16)27-22(31)18-2-1-3-20(18)30/h12-13,15-18,20,30H,1-11H2,(H,27,31). The number of nitrogens with zero attached hydrogens (tertiary/aromatic N) is 3. The predicted molar refractivity (Wildman–Crippen MR) is 129 cm³/mol. The number of carbonyl (C=O) groups is 1. The smallest absolute Gasteiger partial charge is 0.333 e. The van der Waals surface area contributed by atoms with Crippen LogP contribution in [-0.2, 0) is 4.79 Å². The average Bonchev–Trinajstić information content (AvgIpc) is 3.27. The van der Waals surface area contributed by atoms with Gasteiger partial charge in [0, 0.05) is 18.1 Å². The highest BCUT2D eigenvalue weighted by molar-refractivity contribution is 7.99. The van der Waals surface area contributed by atoms with Crippen LogP contribution in [0, 0.1) is 11.7 Å². The van der Waals surface area contributed by atoms with Crippen molar-refractivity contribution in [2.75, 3.05) is 11.5 Å². The lowest BCUT2D eigenvalue weighted by molar-refractivity contribution is -0.128. The quantitative estimate of drug-likeness (QED) is 0.682. The summed E-state index contributed by atoms with van der Waals surface area (Å²) in [6.07, 6.45) is 6.77. The molecule has 2 saturated carbocycles. The number of thioether (sulfide) groups is 1. The summed E-state index contributed by atoms with van der Waals surface area (Å²) in [5, 5.41) is 13.2. The van der Waals surface area contributed by atoms with Crippen molar-refractivity contribution in [2.24, 2.45) is 5.92 Å². The highest BCUT2D eigenvalue weighted by Gasteiger charge is 2.34. The summed E-state index contributed by atoms with van der Waals surface area (Å²) < 4.78 is 17.0. The van der Waals surface area contributed by atoms with E-state index in [-0.39, 0.29) is 46.7 Å². The third-order valence-electron chi connectivity index (χ3n) is 7.70. The highest BCUT2D eigenvalue weighted by Crippen LogP contribution is 2.31. The maximum Gasteiger partial charge on any atom is 0.333 e. The number of rotatable bonds is 4. The van der Waals surface area contributed by atoms with Crippen LogP contribution >= 0.6 is 11.8 Å². The Morgan fingerprint density at radius 2 is 1.74 bits per heavy atom. The van der Waals surface area contributed by atoms with E-state index in [1.54, 1.807) is 4.57 Å². The van der Waals surface area contributed by atoms with E-state index in [2.05, 4.69) is 10.3 Å². The van der Waals surface area contributed by atoms with Gasteiger partial charge in [-0.2, -0.15) is 11.8 Å². The first-order valence-electron chi connectivity index (χ1n) is 12.3. The minimum absolute atomic E-state index is 0.0376. The SMILES string of the molecule is O=C(NC1CCC(n2c(=O)c3cc(F)cnc3n(C3CCSCC3)c2=O)CC1)C1CCCC1O. The summed E-state index contributed by atoms with van der Waals surface area (Å²) in [7, 11) is 0. The summed E-state index contributed by atoms with van der Waals surface area (Å²) in [5.74, 6) is 0.819. The first-order chi connectivity index (χ1) is 16.4. The number of amides is 1. The zero-order chi connectivity index (χ0) is 23.8. The number of nitrogens with one attached hydrogen (secondary N) is 1. The molecule has 3 aliphatic rings. The molecule has 2 aromatic rings. The molecular formula is C24H31FN4O4S. The largest absolute Gasteiger partial charge is 0.392 e. The van der Waals surface area contributed by atoms with Crippen molar-refractivity contribution in [3.05, 3.63) is 38.9 Å². The molecule has 2 aliphatic carbocycles. The molecule has 0 bridgehead atoms. The lowest BCUT2D eigenvalue weighted by Crippen LogP contribution is -2.47. The second-order valence-electron chi connectivity index (χ2n) is 9.81. The molecule has 3 heterocycles. The Hall–Kier alpha value is -2.20. The number of fused-ring (bicyclic) bond motifs is 1. The number of pyridine rings is 1. The van der Waals surface area contributed by atoms with E-state index in [1.807, 2.05) is 11.8 Å². The van der Waals surface area contributed by atoms with E-state index in [0.717, 1.165) is 37.0 Å². The molecule has 2 unspecified atom stereocenters. The summed E-state index contributed by atoms with van der Waals surface area (Å²) >= 11 is 1.84. The van der Waals surface area contributed by atoms with Gasteiger partial charge in [-0.15, -0.1) is 0 Å². The molecule has 10 heteroatoms. The maximum absolute atomic E-state index is 14.0. The number of hydrogen-bond donors (Lipinski definition) is 2. The lowest BCUT2D eigenvalue weighted by Gasteiger charge is -2.32. The van der Waals surface area contributed by atoms with Gasteiger partial charge in [0.2, 0.25) is 5.91 Å². The molecule has 5 rings (SSSR count). The van der Waals surface area contributed by atoms with Crippen LogP contribution in [0.2, 0.25) is 0 Å². The fourth-order valence-electron chi connectivity index (χ4n) is 5.83. The van der Waals surface area contributed by atoms with E-state index in [1.165, 1.54) is 10.6 Å². The normalized spacial score (nSPS) is 28.3. The van der Waals surface area contributed by atoms with Gasteiger partial charge in [0.05, 0.1) is 23.6 Å². The van der Waals surface area contributed by atoms with Crippen molar-refractivity contribution in [1.82, 2.24) is 19.4 Å². The van der Waals surface area contributed by atoms with E-state index < -0.39 is 17.5 Å². The number of halogens is 1. The Kier molecular flexibility index (Phi) is 6.79. The Bertz CT molecular complexity index is 1180. The maximum atomic E-state index is 14.0. The molecule has 2 N–H and O–H groups in total. The van der Waals surface area contributed by atoms with Crippen molar-refractivity contribution < 1.29 is 14.3 Å². The Morgan fingerprint density at radius 1 is 1.03 bits per heavy atom. The van der Waals surface area contributed by atoms with Gasteiger partial charge in [0.1, 0.15) is 11.5 Å². The molecule has 0 aromatic carbocycles. The molecule has 8 nitrogen and oxygen atoms in total. The van der Waals surface area contributed by atoms with Crippen molar-refractivity contribution in [2.45, 2.75) is 82.0 Å². The zero-order valence-corrected chi connectivity index (χ0v) is 19.9. The molecule has 0 spiro atoms. The monoisotopic (exact) mass is 490 g/mol. The molecule has 2 aromatic heterocycles. The van der Waals surface area contributed by atoms with E-state index in [0.29, 0.717) is 38.5 Å². The van der Waals surface area contributed by atoms with Crippen molar-refractivity contribution in [1.29, 1.82) is 0 Å². The van der Waals surface area contributed by atoms with Crippen molar-refractivity contribution in [3.8, 4) is 0 Å². The Labute approximate surface area is 200 Å². The van der Waals surface area contributed by atoms with Crippen LogP contribution in [0.1, 0.15) is 69.9 Å². The van der Waals surface area contributed by atoms with Gasteiger partial charge in [-0.25, -0.2) is 14.2 Å². The molecule has 34 heavy (non-hydrogen) atoms. The molecule has 1 saturated heterocycles. The van der Waals surface area contributed by atoms with Gasteiger partial charge in [0.25, 0.3) is 5.56 Å². The number of carbonyl (C=O) groups excluding carboxylic acids is 1. The third kappa shape index (κ3) is 4.42. The predicted octanol–water partition coefficient (Wildman–Crippen LogP) is 2.53. The highest BCUT2D eigenvalue weighted by atomic mass is 32.2. The summed E-state index contributed by atoms with van der Waals surface area (Å²) in [4.78, 5) is 43.7. The van der Waals surface area contributed by atoms with Gasteiger partial charge < -0.3 is 10.4 Å². The summed E-state index contributed by atoms with van der Waals surface area (Å²) in [6.45, 7) is 0. The molecule has 184 valence electrons. The Balaban J connectivity index is 1.41. The van der Waals surface area contributed by atoms with Crippen LogP contribution in [0.25, 0.3) is 11.0 Å². The fraction of sp³-hybridized carbons (Fsp3) is 0.667. The van der Waals surface area contributed by atoms with Crippen molar-refractivity contribution in [3.63, 3.8) is 0 Å². The van der Waals surface area contributed by atoms with Gasteiger partial charge in [-0.05, 0) is 75.4 Å².